The SMILES string of the molecule is c1ccc(-c2ncc(CN3CCCCC3)[nH]2)cc1. The molecule has 0 aliphatic carbocycles. The van der Waals surface area contributed by atoms with Gasteiger partial charge in [0, 0.05) is 24.0 Å². The summed E-state index contributed by atoms with van der Waals surface area (Å²) in [5, 5.41) is 0. The molecule has 18 heavy (non-hydrogen) atoms. The van der Waals surface area contributed by atoms with Gasteiger partial charge in [0.05, 0.1) is 0 Å². The third-order valence-corrected chi connectivity index (χ3v) is 3.52. The van der Waals surface area contributed by atoms with Crippen LogP contribution < -0.4 is 0 Å². The Bertz CT molecular complexity index is 483. The highest BCUT2D eigenvalue weighted by atomic mass is 15.1. The summed E-state index contributed by atoms with van der Waals surface area (Å²) >= 11 is 0. The molecule has 1 aliphatic rings. The number of aromatic amines is 1. The van der Waals surface area contributed by atoms with Crippen molar-refractivity contribution in [3.63, 3.8) is 0 Å². The van der Waals surface area contributed by atoms with Gasteiger partial charge in [-0.2, -0.15) is 0 Å². The standard InChI is InChI=1S/C15H19N3/c1-3-7-13(8-4-1)15-16-11-14(17-15)12-18-9-5-2-6-10-18/h1,3-4,7-8,11H,2,5-6,9-10,12H2,(H,16,17). The molecule has 1 saturated heterocycles. The Morgan fingerprint density at radius 2 is 1.83 bits per heavy atom. The number of benzene rings is 1. The highest BCUT2D eigenvalue weighted by Gasteiger charge is 2.11. The summed E-state index contributed by atoms with van der Waals surface area (Å²) in [6, 6.07) is 10.3. The maximum absolute atomic E-state index is 4.47. The van der Waals surface area contributed by atoms with Crippen LogP contribution in [0, 0.1) is 0 Å². The Labute approximate surface area is 108 Å². The number of nitrogens with zero attached hydrogens (tertiary/aromatic N) is 2. The Kier molecular flexibility index (Phi) is 3.42. The van der Waals surface area contributed by atoms with E-state index in [1.54, 1.807) is 0 Å². The largest absolute Gasteiger partial charge is 0.341 e. The molecule has 94 valence electrons. The van der Waals surface area contributed by atoms with E-state index in [4.69, 9.17) is 0 Å². The van der Waals surface area contributed by atoms with Crippen LogP contribution in [0.3, 0.4) is 0 Å². The van der Waals surface area contributed by atoms with Crippen molar-refractivity contribution in [3.8, 4) is 11.4 Å². The predicted molar refractivity (Wildman–Crippen MR) is 73.2 cm³/mol. The Balaban J connectivity index is 1.69. The molecule has 0 atom stereocenters. The van der Waals surface area contributed by atoms with Crippen molar-refractivity contribution in [2.75, 3.05) is 13.1 Å². The lowest BCUT2D eigenvalue weighted by Crippen LogP contribution is -2.29. The average Bonchev–Trinajstić information content (AvgIpc) is 2.89. The zero-order chi connectivity index (χ0) is 12.2. The minimum atomic E-state index is 0.975. The number of imidazole rings is 1. The second kappa shape index (κ2) is 5.36. The molecule has 0 bridgehead atoms. The monoisotopic (exact) mass is 241 g/mol. The van der Waals surface area contributed by atoms with Crippen molar-refractivity contribution in [2.24, 2.45) is 0 Å². The topological polar surface area (TPSA) is 31.9 Å². The lowest BCUT2D eigenvalue weighted by molar-refractivity contribution is 0.219. The normalized spacial score (nSPS) is 16.9. The molecule has 0 amide bonds. The third kappa shape index (κ3) is 2.62. The average molecular weight is 241 g/mol. The lowest BCUT2D eigenvalue weighted by atomic mass is 10.1. The van der Waals surface area contributed by atoms with Crippen LogP contribution >= 0.6 is 0 Å². The van der Waals surface area contributed by atoms with Gasteiger partial charge in [0.1, 0.15) is 5.82 Å². The Hall–Kier alpha value is -1.61. The van der Waals surface area contributed by atoms with E-state index >= 15 is 0 Å². The van der Waals surface area contributed by atoms with E-state index in [2.05, 4.69) is 27.0 Å². The number of H-pyrrole nitrogens is 1. The van der Waals surface area contributed by atoms with Crippen molar-refractivity contribution >= 4 is 0 Å². The zero-order valence-electron chi connectivity index (χ0n) is 10.6. The van der Waals surface area contributed by atoms with Crippen molar-refractivity contribution < 1.29 is 0 Å². The summed E-state index contributed by atoms with van der Waals surface area (Å²) in [6.45, 7) is 3.44. The number of piperidine rings is 1. The van der Waals surface area contributed by atoms with E-state index < -0.39 is 0 Å². The molecule has 1 fully saturated rings. The van der Waals surface area contributed by atoms with Gasteiger partial charge < -0.3 is 4.98 Å². The van der Waals surface area contributed by atoms with Gasteiger partial charge >= 0.3 is 0 Å². The van der Waals surface area contributed by atoms with Gasteiger partial charge in [0.2, 0.25) is 0 Å². The van der Waals surface area contributed by atoms with E-state index in [1.807, 2.05) is 24.4 Å². The summed E-state index contributed by atoms with van der Waals surface area (Å²) in [4.78, 5) is 10.4. The highest BCUT2D eigenvalue weighted by Crippen LogP contribution is 2.17. The maximum Gasteiger partial charge on any atom is 0.137 e. The van der Waals surface area contributed by atoms with Crippen LogP contribution in [0.15, 0.2) is 36.5 Å². The minimum Gasteiger partial charge on any atom is -0.341 e. The molecule has 0 spiro atoms. The fourth-order valence-electron chi connectivity index (χ4n) is 2.54. The quantitative estimate of drug-likeness (QED) is 0.895. The van der Waals surface area contributed by atoms with Gasteiger partial charge in [-0.25, -0.2) is 4.98 Å². The molecule has 3 heteroatoms. The summed E-state index contributed by atoms with van der Waals surface area (Å²) < 4.78 is 0. The summed E-state index contributed by atoms with van der Waals surface area (Å²) in [5.74, 6) is 0.975. The van der Waals surface area contributed by atoms with Gasteiger partial charge in [0.25, 0.3) is 0 Å². The van der Waals surface area contributed by atoms with E-state index in [9.17, 15) is 0 Å². The first-order chi connectivity index (χ1) is 8.92. The van der Waals surface area contributed by atoms with Crippen LogP contribution in [0.5, 0.6) is 0 Å². The molecule has 0 radical (unpaired) electrons. The number of nitrogens with one attached hydrogen (secondary N) is 1. The molecule has 3 rings (SSSR count). The lowest BCUT2D eigenvalue weighted by Gasteiger charge is -2.25. The van der Waals surface area contributed by atoms with Gasteiger partial charge in [-0.1, -0.05) is 36.8 Å². The van der Waals surface area contributed by atoms with E-state index in [-0.39, 0.29) is 0 Å². The fourth-order valence-corrected chi connectivity index (χ4v) is 2.54. The third-order valence-electron chi connectivity index (χ3n) is 3.52. The highest BCUT2D eigenvalue weighted by molar-refractivity contribution is 5.54. The van der Waals surface area contributed by atoms with Crippen LogP contribution in [0.25, 0.3) is 11.4 Å². The zero-order valence-corrected chi connectivity index (χ0v) is 10.6. The summed E-state index contributed by atoms with van der Waals surface area (Å²) in [6.07, 6.45) is 6.02. The van der Waals surface area contributed by atoms with Crippen molar-refractivity contribution in [1.82, 2.24) is 14.9 Å². The van der Waals surface area contributed by atoms with E-state index in [1.165, 1.54) is 38.0 Å². The van der Waals surface area contributed by atoms with Crippen molar-refractivity contribution in [1.29, 1.82) is 0 Å². The predicted octanol–water partition coefficient (Wildman–Crippen LogP) is 3.06. The maximum atomic E-state index is 4.47. The van der Waals surface area contributed by atoms with Crippen LogP contribution in [-0.4, -0.2) is 28.0 Å². The Morgan fingerprint density at radius 1 is 1.06 bits per heavy atom. The van der Waals surface area contributed by atoms with E-state index in [0.29, 0.717) is 0 Å². The number of rotatable bonds is 3. The summed E-state index contributed by atoms with van der Waals surface area (Å²) in [5.41, 5.74) is 2.37. The number of aromatic nitrogens is 2. The summed E-state index contributed by atoms with van der Waals surface area (Å²) in [7, 11) is 0. The first kappa shape index (κ1) is 11.5. The molecule has 1 N–H and O–H groups in total. The van der Waals surface area contributed by atoms with Crippen LogP contribution in [0.1, 0.15) is 25.0 Å². The second-order valence-corrected chi connectivity index (χ2v) is 4.96. The minimum absolute atomic E-state index is 0.975. The van der Waals surface area contributed by atoms with Gasteiger partial charge in [-0.3, -0.25) is 4.90 Å². The molecular formula is C15H19N3. The van der Waals surface area contributed by atoms with Gasteiger partial charge in [-0.15, -0.1) is 0 Å². The van der Waals surface area contributed by atoms with Gasteiger partial charge in [-0.05, 0) is 25.9 Å². The van der Waals surface area contributed by atoms with Crippen LogP contribution in [0.4, 0.5) is 0 Å². The molecule has 3 nitrogen and oxygen atoms in total. The Morgan fingerprint density at radius 3 is 2.61 bits per heavy atom. The van der Waals surface area contributed by atoms with E-state index in [0.717, 1.165) is 17.9 Å². The van der Waals surface area contributed by atoms with Crippen LogP contribution in [0.2, 0.25) is 0 Å². The van der Waals surface area contributed by atoms with Crippen molar-refractivity contribution in [3.05, 3.63) is 42.2 Å². The van der Waals surface area contributed by atoms with Crippen molar-refractivity contribution in [2.45, 2.75) is 25.8 Å². The van der Waals surface area contributed by atoms with Gasteiger partial charge in [0.15, 0.2) is 0 Å². The molecule has 1 aromatic heterocycles. The molecule has 1 aromatic carbocycles. The molecule has 0 unspecified atom stereocenters. The molecule has 2 aromatic rings. The number of likely N-dealkylation sites (tertiary alicyclic amines) is 1. The first-order valence-corrected chi connectivity index (χ1v) is 6.73. The number of hydrogen-bond donors (Lipinski definition) is 1. The second-order valence-electron chi connectivity index (χ2n) is 4.96. The number of hydrogen-bond acceptors (Lipinski definition) is 2. The molecule has 1 aliphatic heterocycles. The first-order valence-electron chi connectivity index (χ1n) is 6.73. The fraction of sp³-hybridized carbons (Fsp3) is 0.400. The molecule has 0 saturated carbocycles. The van der Waals surface area contributed by atoms with Crippen LogP contribution in [-0.2, 0) is 6.54 Å². The molecule has 2 heterocycles. The molecular weight excluding hydrogens is 222 g/mol. The smallest absolute Gasteiger partial charge is 0.137 e.